The van der Waals surface area contributed by atoms with E-state index in [9.17, 15) is 9.59 Å². The van der Waals surface area contributed by atoms with Gasteiger partial charge in [-0.1, -0.05) is 30.7 Å². The summed E-state index contributed by atoms with van der Waals surface area (Å²) >= 11 is 5.99. The topological polar surface area (TPSA) is 55.4 Å². The molecule has 0 aromatic heterocycles. The Labute approximate surface area is 152 Å². The van der Waals surface area contributed by atoms with Gasteiger partial charge < -0.3 is 10.1 Å². The molecule has 2 aromatic carbocycles. The summed E-state index contributed by atoms with van der Waals surface area (Å²) in [6.07, 6.45) is 0.919. The number of carbonyl (C=O) groups is 2. The minimum atomic E-state index is -0.197. The molecule has 0 unspecified atom stereocenters. The van der Waals surface area contributed by atoms with Crippen LogP contribution in [0.2, 0.25) is 5.02 Å². The van der Waals surface area contributed by atoms with Crippen molar-refractivity contribution >= 4 is 29.2 Å². The molecule has 2 aromatic rings. The van der Waals surface area contributed by atoms with Gasteiger partial charge in [-0.3, -0.25) is 9.59 Å². The summed E-state index contributed by atoms with van der Waals surface area (Å²) in [5.41, 5.74) is 3.00. The first kappa shape index (κ1) is 17.5. The lowest BCUT2D eigenvalue weighted by atomic mass is 10.1. The van der Waals surface area contributed by atoms with Gasteiger partial charge in [0.15, 0.2) is 0 Å². The van der Waals surface area contributed by atoms with E-state index in [0.717, 1.165) is 17.5 Å². The van der Waals surface area contributed by atoms with Crippen molar-refractivity contribution in [3.8, 4) is 0 Å². The maximum Gasteiger partial charge on any atom is 0.309 e. The maximum absolute atomic E-state index is 12.3. The molecule has 1 N–H and O–H groups in total. The SMILES string of the molecule is Cc1cc(NC(=O)c2ccc(COC(=O)[C@H]3C[C@H]3C)cc2)ccc1Cl. The van der Waals surface area contributed by atoms with E-state index >= 15 is 0 Å². The predicted molar refractivity (Wildman–Crippen MR) is 97.7 cm³/mol. The first-order valence-corrected chi connectivity index (χ1v) is 8.65. The molecule has 5 heteroatoms. The lowest BCUT2D eigenvalue weighted by Gasteiger charge is -2.08. The quantitative estimate of drug-likeness (QED) is 0.795. The van der Waals surface area contributed by atoms with Gasteiger partial charge in [-0.05, 0) is 60.7 Å². The van der Waals surface area contributed by atoms with E-state index in [1.54, 1.807) is 36.4 Å². The number of benzene rings is 2. The number of esters is 1. The van der Waals surface area contributed by atoms with Crippen molar-refractivity contribution in [1.29, 1.82) is 0 Å². The third-order valence-electron chi connectivity index (χ3n) is 4.43. The van der Waals surface area contributed by atoms with Crippen LogP contribution >= 0.6 is 11.6 Å². The molecule has 130 valence electrons. The molecule has 1 aliphatic rings. The van der Waals surface area contributed by atoms with Crippen molar-refractivity contribution in [2.45, 2.75) is 26.9 Å². The molecule has 25 heavy (non-hydrogen) atoms. The number of aryl methyl sites for hydroxylation is 1. The summed E-state index contributed by atoms with van der Waals surface area (Å²) in [4.78, 5) is 24.0. The van der Waals surface area contributed by atoms with Crippen molar-refractivity contribution in [3.63, 3.8) is 0 Å². The van der Waals surface area contributed by atoms with Crippen molar-refractivity contribution in [2.24, 2.45) is 11.8 Å². The zero-order valence-electron chi connectivity index (χ0n) is 14.2. The number of ether oxygens (including phenoxy) is 1. The van der Waals surface area contributed by atoms with Gasteiger partial charge in [0.25, 0.3) is 5.91 Å². The number of hydrogen-bond acceptors (Lipinski definition) is 3. The predicted octanol–water partition coefficient (Wildman–Crippen LogP) is 4.60. The fraction of sp³-hybridized carbons (Fsp3) is 0.300. The first-order valence-electron chi connectivity index (χ1n) is 8.27. The number of carbonyl (C=O) groups excluding carboxylic acids is 2. The Kier molecular flexibility index (Phi) is 5.09. The number of rotatable bonds is 5. The van der Waals surface area contributed by atoms with E-state index < -0.39 is 0 Å². The molecular formula is C20H20ClNO3. The van der Waals surface area contributed by atoms with Gasteiger partial charge in [-0.15, -0.1) is 0 Å². The minimum absolute atomic E-state index is 0.0629. The van der Waals surface area contributed by atoms with Crippen molar-refractivity contribution in [3.05, 3.63) is 64.2 Å². The second-order valence-electron chi connectivity index (χ2n) is 6.54. The van der Waals surface area contributed by atoms with Crippen LogP contribution in [0, 0.1) is 18.8 Å². The Hall–Kier alpha value is -2.33. The van der Waals surface area contributed by atoms with E-state index in [1.807, 2.05) is 19.9 Å². The fourth-order valence-electron chi connectivity index (χ4n) is 2.59. The molecule has 2 atom stereocenters. The van der Waals surface area contributed by atoms with E-state index in [0.29, 0.717) is 22.2 Å². The van der Waals surface area contributed by atoms with E-state index in [4.69, 9.17) is 16.3 Å². The van der Waals surface area contributed by atoms with Gasteiger partial charge in [0, 0.05) is 16.3 Å². The Morgan fingerprint density at radius 1 is 1.20 bits per heavy atom. The molecule has 1 aliphatic carbocycles. The first-order chi connectivity index (χ1) is 11.9. The van der Waals surface area contributed by atoms with Crippen LogP contribution in [0.4, 0.5) is 5.69 Å². The van der Waals surface area contributed by atoms with Crippen LogP contribution in [0.15, 0.2) is 42.5 Å². The van der Waals surface area contributed by atoms with Crippen LogP contribution in [0.25, 0.3) is 0 Å². The summed E-state index contributed by atoms with van der Waals surface area (Å²) in [7, 11) is 0. The zero-order chi connectivity index (χ0) is 18.0. The summed E-state index contributed by atoms with van der Waals surface area (Å²) < 4.78 is 5.29. The Morgan fingerprint density at radius 3 is 2.48 bits per heavy atom. The molecule has 4 nitrogen and oxygen atoms in total. The van der Waals surface area contributed by atoms with Crippen LogP contribution in [0.3, 0.4) is 0 Å². The van der Waals surface area contributed by atoms with E-state index in [-0.39, 0.29) is 24.4 Å². The highest BCUT2D eigenvalue weighted by Crippen LogP contribution is 2.38. The molecular weight excluding hydrogens is 338 g/mol. The highest BCUT2D eigenvalue weighted by molar-refractivity contribution is 6.31. The number of anilines is 1. The molecule has 0 bridgehead atoms. The number of nitrogens with one attached hydrogen (secondary N) is 1. The molecule has 1 fully saturated rings. The van der Waals surface area contributed by atoms with Gasteiger partial charge in [0.05, 0.1) is 5.92 Å². The molecule has 0 saturated heterocycles. The molecule has 0 heterocycles. The van der Waals surface area contributed by atoms with Crippen LogP contribution in [0.5, 0.6) is 0 Å². The third-order valence-corrected chi connectivity index (χ3v) is 4.85. The highest BCUT2D eigenvalue weighted by Gasteiger charge is 2.40. The van der Waals surface area contributed by atoms with Crippen LogP contribution in [0.1, 0.15) is 34.8 Å². The van der Waals surface area contributed by atoms with Gasteiger partial charge in [0.1, 0.15) is 6.61 Å². The summed E-state index contributed by atoms with van der Waals surface area (Å²) in [6.45, 7) is 4.16. The monoisotopic (exact) mass is 357 g/mol. The molecule has 0 spiro atoms. The lowest BCUT2D eigenvalue weighted by molar-refractivity contribution is -0.146. The van der Waals surface area contributed by atoms with Crippen LogP contribution < -0.4 is 5.32 Å². The molecule has 3 rings (SSSR count). The Bertz CT molecular complexity index is 801. The van der Waals surface area contributed by atoms with Gasteiger partial charge in [-0.2, -0.15) is 0 Å². The molecule has 1 amide bonds. The normalized spacial score (nSPS) is 18.5. The summed E-state index contributed by atoms with van der Waals surface area (Å²) in [6, 6.07) is 12.4. The van der Waals surface area contributed by atoms with Crippen molar-refractivity contribution < 1.29 is 14.3 Å². The Morgan fingerprint density at radius 2 is 1.88 bits per heavy atom. The number of halogens is 1. The van der Waals surface area contributed by atoms with Gasteiger partial charge in [-0.25, -0.2) is 0 Å². The smallest absolute Gasteiger partial charge is 0.309 e. The third kappa shape index (κ3) is 4.40. The number of hydrogen-bond donors (Lipinski definition) is 1. The molecule has 0 aliphatic heterocycles. The minimum Gasteiger partial charge on any atom is -0.461 e. The summed E-state index contributed by atoms with van der Waals surface area (Å²) in [5.74, 6) is 0.174. The maximum atomic E-state index is 12.3. The van der Waals surface area contributed by atoms with Crippen molar-refractivity contribution in [1.82, 2.24) is 0 Å². The number of amides is 1. The van der Waals surface area contributed by atoms with Gasteiger partial charge in [0.2, 0.25) is 0 Å². The zero-order valence-corrected chi connectivity index (χ0v) is 15.0. The Balaban J connectivity index is 1.56. The largest absolute Gasteiger partial charge is 0.461 e. The highest BCUT2D eigenvalue weighted by atomic mass is 35.5. The average Bonchev–Trinajstić information content (AvgIpc) is 3.33. The molecule has 0 radical (unpaired) electrons. The average molecular weight is 358 g/mol. The lowest BCUT2D eigenvalue weighted by Crippen LogP contribution is -2.12. The van der Waals surface area contributed by atoms with E-state index in [1.165, 1.54) is 0 Å². The standard InChI is InChI=1S/C20H20ClNO3/c1-12-10-17(12)20(24)25-11-14-3-5-15(6-4-14)19(23)22-16-7-8-18(21)13(2)9-16/h3-9,12,17H,10-11H2,1-2H3,(H,22,23)/t12-,17+/m1/s1. The van der Waals surface area contributed by atoms with Gasteiger partial charge >= 0.3 is 5.97 Å². The van der Waals surface area contributed by atoms with Crippen LogP contribution in [-0.2, 0) is 16.1 Å². The van der Waals surface area contributed by atoms with E-state index in [2.05, 4.69) is 5.32 Å². The summed E-state index contributed by atoms with van der Waals surface area (Å²) in [5, 5.41) is 3.51. The van der Waals surface area contributed by atoms with Crippen LogP contribution in [-0.4, -0.2) is 11.9 Å². The van der Waals surface area contributed by atoms with Crippen molar-refractivity contribution in [2.75, 3.05) is 5.32 Å². The second kappa shape index (κ2) is 7.28. The fourth-order valence-corrected chi connectivity index (χ4v) is 2.71. The molecule has 1 saturated carbocycles. The second-order valence-corrected chi connectivity index (χ2v) is 6.95.